The van der Waals surface area contributed by atoms with E-state index in [-0.39, 0.29) is 24.5 Å². The van der Waals surface area contributed by atoms with Gasteiger partial charge in [0.2, 0.25) is 12.5 Å². The molecule has 9 nitrogen and oxygen atoms in total. The number of pyridine rings is 1. The topological polar surface area (TPSA) is 79.1 Å². The number of nitrogens with zero attached hydrogens (tertiary/aromatic N) is 7. The first-order valence-electron chi connectivity index (χ1n) is 14.7. The molecule has 1 amide bonds. The Morgan fingerprint density at radius 3 is 2.83 bits per heavy atom. The lowest BCUT2D eigenvalue weighted by Gasteiger charge is -2.39. The minimum atomic E-state index is -0.292. The number of carbonyl (C=O) groups excluding carboxylic acids is 1. The van der Waals surface area contributed by atoms with E-state index in [9.17, 15) is 4.79 Å². The Hall–Kier alpha value is -3.74. The maximum absolute atomic E-state index is 12.5. The van der Waals surface area contributed by atoms with E-state index >= 15 is 0 Å². The van der Waals surface area contributed by atoms with Crippen molar-refractivity contribution in [2.45, 2.75) is 44.7 Å². The molecular formula is C32H36ClN7O2. The van der Waals surface area contributed by atoms with Crippen LogP contribution in [0.15, 0.2) is 36.9 Å². The summed E-state index contributed by atoms with van der Waals surface area (Å²) in [5.74, 6) is 1.07. The lowest BCUT2D eigenvalue weighted by molar-refractivity contribution is -0.128. The zero-order valence-corrected chi connectivity index (χ0v) is 25.0. The summed E-state index contributed by atoms with van der Waals surface area (Å²) in [7, 11) is 2.12. The third-order valence-electron chi connectivity index (χ3n) is 8.87. The highest BCUT2D eigenvalue weighted by Gasteiger charge is 2.34. The smallest absolute Gasteiger partial charge is 0.320 e. The fraction of sp³-hybridized carbons (Fsp3) is 0.469. The summed E-state index contributed by atoms with van der Waals surface area (Å²) >= 11 is 6.97. The van der Waals surface area contributed by atoms with Crippen LogP contribution in [0, 0.1) is 12.5 Å². The fourth-order valence-corrected chi connectivity index (χ4v) is 6.91. The molecule has 218 valence electrons. The van der Waals surface area contributed by atoms with Crippen LogP contribution in [0.25, 0.3) is 27.1 Å². The highest BCUT2D eigenvalue weighted by molar-refractivity contribution is 6.34. The molecule has 1 aromatic carbocycles. The molecule has 2 aliphatic heterocycles. The largest absolute Gasteiger partial charge is 0.462 e. The highest BCUT2D eigenvalue weighted by atomic mass is 35.5. The zero-order chi connectivity index (χ0) is 29.4. The van der Waals surface area contributed by atoms with Crippen LogP contribution >= 0.6 is 11.6 Å². The van der Waals surface area contributed by atoms with Crippen LogP contribution in [0.3, 0.4) is 0 Å². The number of ether oxygens (including phenoxy) is 1. The maximum atomic E-state index is 12.5. The Morgan fingerprint density at radius 2 is 2.07 bits per heavy atom. The summed E-state index contributed by atoms with van der Waals surface area (Å²) in [4.78, 5) is 37.0. The second-order valence-corrected chi connectivity index (χ2v) is 12.1. The fourth-order valence-electron chi connectivity index (χ4n) is 6.65. The van der Waals surface area contributed by atoms with Gasteiger partial charge in [0.15, 0.2) is 5.65 Å². The van der Waals surface area contributed by atoms with Crippen LogP contribution < -0.4 is 9.64 Å². The minimum absolute atomic E-state index is 0.167. The molecule has 0 spiro atoms. The number of hydrogen-bond donors (Lipinski definition) is 0. The van der Waals surface area contributed by atoms with E-state index in [1.54, 1.807) is 4.90 Å². The molecule has 0 radical (unpaired) electrons. The van der Waals surface area contributed by atoms with Crippen LogP contribution in [0.5, 0.6) is 6.01 Å². The normalized spacial score (nSPS) is 22.3. The number of carbonyl (C=O) groups is 1. The van der Waals surface area contributed by atoms with E-state index in [2.05, 4.69) is 53.4 Å². The van der Waals surface area contributed by atoms with E-state index in [4.69, 9.17) is 37.9 Å². The van der Waals surface area contributed by atoms with Gasteiger partial charge in [0, 0.05) is 31.2 Å². The molecule has 42 heavy (non-hydrogen) atoms. The Labute approximate surface area is 252 Å². The molecule has 0 saturated carbocycles. The van der Waals surface area contributed by atoms with Gasteiger partial charge in [0.25, 0.3) is 0 Å². The third-order valence-corrected chi connectivity index (χ3v) is 9.16. The maximum Gasteiger partial charge on any atom is 0.320 e. The standard InChI is InChI=1S/C32H36ClN7O2/c1-5-28(41)40-13-12-39(18-23(40)17-34-3)31-26-16-27(33)29(24-10-6-8-21-14-20(2)15-25(21)24)35-30(26)36-32(37-31)42-19-22-9-7-11-38(22)4/h5-6,8,10,16,20,22-23H,1,7,9,11-15,17-19H2,2,4H3/t20?,22-,23-/m0/s1. The van der Waals surface area contributed by atoms with Crippen molar-refractivity contribution in [1.29, 1.82) is 0 Å². The molecule has 0 N–H and O–H groups in total. The van der Waals surface area contributed by atoms with Crippen molar-refractivity contribution in [2.75, 3.05) is 51.3 Å². The van der Waals surface area contributed by atoms with Crippen molar-refractivity contribution >= 4 is 34.4 Å². The van der Waals surface area contributed by atoms with E-state index in [1.165, 1.54) is 17.2 Å². The summed E-state index contributed by atoms with van der Waals surface area (Å²) in [6.07, 6.45) is 5.58. The van der Waals surface area contributed by atoms with Gasteiger partial charge in [-0.05, 0) is 68.5 Å². The number of likely N-dealkylation sites (tertiary alicyclic amines) is 1. The highest BCUT2D eigenvalue weighted by Crippen LogP contribution is 2.39. The summed E-state index contributed by atoms with van der Waals surface area (Å²) in [6.45, 7) is 16.6. The average molecular weight is 586 g/mol. The molecule has 10 heteroatoms. The number of piperazine rings is 1. The first kappa shape index (κ1) is 28.4. The molecule has 2 fully saturated rings. The van der Waals surface area contributed by atoms with Crippen molar-refractivity contribution in [3.8, 4) is 17.3 Å². The van der Waals surface area contributed by atoms with Crippen LogP contribution in [-0.4, -0.2) is 89.1 Å². The summed E-state index contributed by atoms with van der Waals surface area (Å²) in [5.41, 5.74) is 4.94. The molecule has 1 aliphatic carbocycles. The van der Waals surface area contributed by atoms with Crippen molar-refractivity contribution in [2.24, 2.45) is 5.92 Å². The molecule has 2 aromatic heterocycles. The molecule has 0 bridgehead atoms. The van der Waals surface area contributed by atoms with Gasteiger partial charge in [-0.15, -0.1) is 0 Å². The summed E-state index contributed by atoms with van der Waals surface area (Å²) < 4.78 is 6.23. The van der Waals surface area contributed by atoms with Crippen LogP contribution in [0.4, 0.5) is 5.82 Å². The number of benzene rings is 1. The molecule has 4 heterocycles. The molecular weight excluding hydrogens is 550 g/mol. The molecule has 3 atom stereocenters. The van der Waals surface area contributed by atoms with Gasteiger partial charge < -0.3 is 24.3 Å². The van der Waals surface area contributed by atoms with Gasteiger partial charge in [-0.1, -0.05) is 43.3 Å². The molecule has 3 aromatic rings. The number of likely N-dealkylation sites (N-methyl/N-ethyl adjacent to an activating group) is 1. The summed E-state index contributed by atoms with van der Waals surface area (Å²) in [6, 6.07) is 8.57. The second kappa shape index (κ2) is 11.9. The van der Waals surface area contributed by atoms with Gasteiger partial charge in [-0.2, -0.15) is 9.97 Å². The monoisotopic (exact) mass is 585 g/mol. The molecule has 2 saturated heterocycles. The molecule has 3 aliphatic rings. The first-order valence-corrected chi connectivity index (χ1v) is 15.1. The van der Waals surface area contributed by atoms with Gasteiger partial charge in [0.1, 0.15) is 18.5 Å². The first-order chi connectivity index (χ1) is 20.4. The van der Waals surface area contributed by atoms with E-state index in [0.717, 1.165) is 43.2 Å². The van der Waals surface area contributed by atoms with Crippen LogP contribution in [0.2, 0.25) is 5.02 Å². The van der Waals surface area contributed by atoms with Crippen molar-refractivity contribution in [1.82, 2.24) is 24.8 Å². The Balaban J connectivity index is 1.42. The number of anilines is 1. The van der Waals surface area contributed by atoms with Crippen LogP contribution in [-0.2, 0) is 17.6 Å². The van der Waals surface area contributed by atoms with Crippen LogP contribution in [0.1, 0.15) is 30.9 Å². The molecule has 1 unspecified atom stereocenters. The number of amides is 1. The Kier molecular flexibility index (Phi) is 8.02. The minimum Gasteiger partial charge on any atom is -0.462 e. The predicted molar refractivity (Wildman–Crippen MR) is 165 cm³/mol. The van der Waals surface area contributed by atoms with E-state index in [0.29, 0.717) is 60.4 Å². The number of fused-ring (bicyclic) bond motifs is 2. The van der Waals surface area contributed by atoms with Crippen molar-refractivity contribution < 1.29 is 9.53 Å². The average Bonchev–Trinajstić information content (AvgIpc) is 3.59. The van der Waals surface area contributed by atoms with Gasteiger partial charge in [-0.3, -0.25) is 4.79 Å². The Bertz CT molecular complexity index is 1570. The quantitative estimate of drug-likeness (QED) is 0.294. The van der Waals surface area contributed by atoms with Crippen molar-refractivity contribution in [3.63, 3.8) is 0 Å². The molecule has 6 rings (SSSR count). The van der Waals surface area contributed by atoms with E-state index in [1.807, 2.05) is 6.07 Å². The number of halogens is 1. The SMILES string of the molecule is [C-]#[N+]C[C@H]1CN(c2nc(OC[C@@H]3CCCN3C)nc3nc(-c4cccc5c4CC(C)C5)c(Cl)cc23)CCN1C(=O)C=C. The zero-order valence-electron chi connectivity index (χ0n) is 24.2. The Morgan fingerprint density at radius 1 is 1.21 bits per heavy atom. The number of rotatable bonds is 7. The predicted octanol–water partition coefficient (Wildman–Crippen LogP) is 4.68. The van der Waals surface area contributed by atoms with Gasteiger partial charge >= 0.3 is 6.01 Å². The van der Waals surface area contributed by atoms with Gasteiger partial charge in [-0.25, -0.2) is 11.6 Å². The number of aromatic nitrogens is 3. The van der Waals surface area contributed by atoms with Crippen molar-refractivity contribution in [3.05, 3.63) is 64.5 Å². The third kappa shape index (κ3) is 5.41. The lowest BCUT2D eigenvalue weighted by atomic mass is 9.99. The van der Waals surface area contributed by atoms with Gasteiger partial charge in [0.05, 0.1) is 16.1 Å². The lowest BCUT2D eigenvalue weighted by Crippen LogP contribution is -2.56. The van der Waals surface area contributed by atoms with E-state index < -0.39 is 0 Å². The second-order valence-electron chi connectivity index (χ2n) is 11.7. The number of hydrogen-bond acceptors (Lipinski definition) is 7. The summed E-state index contributed by atoms with van der Waals surface area (Å²) in [5, 5.41) is 1.26.